The molecular formula is C10H8BrN3O2S. The summed E-state index contributed by atoms with van der Waals surface area (Å²) in [5, 5.41) is 13.8. The predicted molar refractivity (Wildman–Crippen MR) is 68.3 cm³/mol. The molecule has 0 aliphatic carbocycles. The molecule has 2 N–H and O–H groups in total. The van der Waals surface area contributed by atoms with Crippen molar-refractivity contribution in [3.63, 3.8) is 0 Å². The second-order valence-corrected chi connectivity index (χ2v) is 4.99. The van der Waals surface area contributed by atoms with Crippen molar-refractivity contribution < 1.29 is 9.90 Å². The third-order valence-electron chi connectivity index (χ3n) is 1.97. The number of carbonyl (C=O) groups is 1. The zero-order chi connectivity index (χ0) is 12.3. The molecule has 0 aromatic carbocycles. The van der Waals surface area contributed by atoms with Crippen LogP contribution in [0.2, 0.25) is 0 Å². The lowest BCUT2D eigenvalue weighted by atomic mass is 10.4. The molecule has 2 heterocycles. The van der Waals surface area contributed by atoms with E-state index < -0.39 is 5.97 Å². The number of rotatable bonds is 4. The van der Waals surface area contributed by atoms with Gasteiger partial charge in [0.15, 0.2) is 5.69 Å². The summed E-state index contributed by atoms with van der Waals surface area (Å²) >= 11 is 5.02. The average Bonchev–Trinajstić information content (AvgIpc) is 2.72. The van der Waals surface area contributed by atoms with Crippen LogP contribution in [-0.2, 0) is 6.54 Å². The Balaban J connectivity index is 2.07. The van der Waals surface area contributed by atoms with E-state index >= 15 is 0 Å². The fourth-order valence-electron chi connectivity index (χ4n) is 1.18. The van der Waals surface area contributed by atoms with E-state index in [0.717, 1.165) is 9.35 Å². The zero-order valence-corrected chi connectivity index (χ0v) is 11.0. The van der Waals surface area contributed by atoms with Crippen molar-refractivity contribution in [2.75, 3.05) is 5.32 Å². The lowest BCUT2D eigenvalue weighted by Crippen LogP contribution is -2.06. The Kier molecular flexibility index (Phi) is 3.70. The van der Waals surface area contributed by atoms with Gasteiger partial charge in [-0.3, -0.25) is 4.98 Å². The van der Waals surface area contributed by atoms with Crippen LogP contribution < -0.4 is 5.32 Å². The van der Waals surface area contributed by atoms with Crippen molar-refractivity contribution in [3.05, 3.63) is 38.9 Å². The van der Waals surface area contributed by atoms with Gasteiger partial charge in [-0.2, -0.15) is 0 Å². The normalized spacial score (nSPS) is 10.2. The number of aromatic carboxylic acids is 1. The molecule has 2 aromatic rings. The first-order chi connectivity index (χ1) is 8.16. The number of hydrogen-bond acceptors (Lipinski definition) is 5. The smallest absolute Gasteiger partial charge is 0.356 e. The van der Waals surface area contributed by atoms with Gasteiger partial charge in [0, 0.05) is 9.35 Å². The minimum Gasteiger partial charge on any atom is -0.476 e. The maximum Gasteiger partial charge on any atom is 0.356 e. The Morgan fingerprint density at radius 1 is 1.53 bits per heavy atom. The van der Waals surface area contributed by atoms with E-state index in [1.807, 2.05) is 11.4 Å². The highest BCUT2D eigenvalue weighted by Crippen LogP contribution is 2.23. The molecule has 7 heteroatoms. The van der Waals surface area contributed by atoms with Crippen LogP contribution >= 0.6 is 27.3 Å². The number of anilines is 1. The number of carboxylic acids is 1. The monoisotopic (exact) mass is 313 g/mol. The SMILES string of the molecule is O=C(O)c1cncc(NCc2sccc2Br)n1. The lowest BCUT2D eigenvalue weighted by molar-refractivity contribution is 0.0690. The first-order valence-corrected chi connectivity index (χ1v) is 6.35. The molecule has 0 aliphatic heterocycles. The van der Waals surface area contributed by atoms with E-state index in [4.69, 9.17) is 5.11 Å². The predicted octanol–water partition coefficient (Wildman–Crippen LogP) is 2.61. The molecule has 17 heavy (non-hydrogen) atoms. The fraction of sp³-hybridized carbons (Fsp3) is 0.100. The highest BCUT2D eigenvalue weighted by Gasteiger charge is 2.06. The topological polar surface area (TPSA) is 75.1 Å². The largest absolute Gasteiger partial charge is 0.476 e. The zero-order valence-electron chi connectivity index (χ0n) is 8.55. The standard InChI is InChI=1S/C10H8BrN3O2S/c11-6-1-2-17-8(6)4-13-9-5-12-3-7(14-9)10(15)16/h1-3,5H,4H2,(H,13,14)(H,15,16). The Morgan fingerprint density at radius 2 is 2.35 bits per heavy atom. The summed E-state index contributed by atoms with van der Waals surface area (Å²) in [7, 11) is 0. The van der Waals surface area contributed by atoms with Crippen molar-refractivity contribution >= 4 is 39.1 Å². The van der Waals surface area contributed by atoms with Crippen molar-refractivity contribution in [1.82, 2.24) is 9.97 Å². The van der Waals surface area contributed by atoms with Crippen LogP contribution in [0.3, 0.4) is 0 Å². The summed E-state index contributed by atoms with van der Waals surface area (Å²) in [6.45, 7) is 0.579. The second kappa shape index (κ2) is 5.24. The van der Waals surface area contributed by atoms with E-state index in [-0.39, 0.29) is 5.69 Å². The van der Waals surface area contributed by atoms with Gasteiger partial charge in [0.2, 0.25) is 0 Å². The number of nitrogens with zero attached hydrogens (tertiary/aromatic N) is 2. The van der Waals surface area contributed by atoms with Crippen LogP contribution in [0.5, 0.6) is 0 Å². The van der Waals surface area contributed by atoms with E-state index in [2.05, 4.69) is 31.2 Å². The van der Waals surface area contributed by atoms with Gasteiger partial charge in [0.05, 0.1) is 18.9 Å². The Morgan fingerprint density at radius 3 is 3.00 bits per heavy atom. The number of carboxylic acid groups (broad SMARTS) is 1. The number of thiophene rings is 1. The van der Waals surface area contributed by atoms with E-state index in [1.54, 1.807) is 11.3 Å². The molecule has 0 aliphatic rings. The van der Waals surface area contributed by atoms with Crippen LogP contribution in [0.25, 0.3) is 0 Å². The van der Waals surface area contributed by atoms with Crippen molar-refractivity contribution in [2.45, 2.75) is 6.54 Å². The van der Waals surface area contributed by atoms with Crippen molar-refractivity contribution in [2.24, 2.45) is 0 Å². The van der Waals surface area contributed by atoms with Gasteiger partial charge in [-0.25, -0.2) is 9.78 Å². The molecule has 0 amide bonds. The molecule has 2 rings (SSSR count). The molecule has 88 valence electrons. The van der Waals surface area contributed by atoms with E-state index in [9.17, 15) is 4.79 Å². The molecule has 0 saturated heterocycles. The number of nitrogens with one attached hydrogen (secondary N) is 1. The van der Waals surface area contributed by atoms with Crippen LogP contribution in [0.15, 0.2) is 28.3 Å². The van der Waals surface area contributed by atoms with E-state index in [0.29, 0.717) is 12.4 Å². The molecule has 5 nitrogen and oxygen atoms in total. The Bertz CT molecular complexity index is 544. The molecule has 0 radical (unpaired) electrons. The lowest BCUT2D eigenvalue weighted by Gasteiger charge is -2.04. The van der Waals surface area contributed by atoms with Gasteiger partial charge >= 0.3 is 5.97 Å². The number of hydrogen-bond donors (Lipinski definition) is 2. The van der Waals surface area contributed by atoms with Crippen LogP contribution in [-0.4, -0.2) is 21.0 Å². The molecule has 0 fully saturated rings. The minimum absolute atomic E-state index is 0.0692. The summed E-state index contributed by atoms with van der Waals surface area (Å²) in [5.74, 6) is -0.636. The minimum atomic E-state index is -1.08. The Hall–Kier alpha value is -1.47. The molecular weight excluding hydrogens is 306 g/mol. The molecule has 0 atom stereocenters. The Labute approximate surface area is 110 Å². The van der Waals surface area contributed by atoms with E-state index in [1.165, 1.54) is 12.4 Å². The molecule has 0 unspecified atom stereocenters. The van der Waals surface area contributed by atoms with Gasteiger partial charge < -0.3 is 10.4 Å². The summed E-state index contributed by atoms with van der Waals surface area (Å²) < 4.78 is 1.03. The van der Waals surface area contributed by atoms with Crippen LogP contribution in [0.1, 0.15) is 15.4 Å². The first kappa shape index (κ1) is 12.0. The molecule has 0 bridgehead atoms. The summed E-state index contributed by atoms with van der Waals surface area (Å²) in [6, 6.07) is 1.96. The van der Waals surface area contributed by atoms with Gasteiger partial charge in [-0.05, 0) is 27.4 Å². The van der Waals surface area contributed by atoms with Crippen LogP contribution in [0, 0.1) is 0 Å². The molecule has 0 saturated carbocycles. The van der Waals surface area contributed by atoms with Gasteiger partial charge in [-0.1, -0.05) is 0 Å². The maximum absolute atomic E-state index is 10.7. The number of aromatic nitrogens is 2. The third kappa shape index (κ3) is 3.01. The number of halogens is 1. The first-order valence-electron chi connectivity index (χ1n) is 4.68. The summed E-state index contributed by atoms with van der Waals surface area (Å²) in [6.07, 6.45) is 2.71. The maximum atomic E-state index is 10.7. The van der Waals surface area contributed by atoms with Gasteiger partial charge in [0.25, 0.3) is 0 Å². The third-order valence-corrected chi connectivity index (χ3v) is 3.90. The highest BCUT2D eigenvalue weighted by molar-refractivity contribution is 9.10. The van der Waals surface area contributed by atoms with Crippen LogP contribution in [0.4, 0.5) is 5.82 Å². The average molecular weight is 314 g/mol. The van der Waals surface area contributed by atoms with Gasteiger partial charge in [-0.15, -0.1) is 11.3 Å². The second-order valence-electron chi connectivity index (χ2n) is 3.14. The molecule has 0 spiro atoms. The summed E-state index contributed by atoms with van der Waals surface area (Å²) in [5.41, 5.74) is -0.0692. The summed E-state index contributed by atoms with van der Waals surface area (Å²) in [4.78, 5) is 19.6. The van der Waals surface area contributed by atoms with Crippen molar-refractivity contribution in [3.8, 4) is 0 Å². The fourth-order valence-corrected chi connectivity index (χ4v) is 2.61. The molecule has 2 aromatic heterocycles. The highest BCUT2D eigenvalue weighted by atomic mass is 79.9. The van der Waals surface area contributed by atoms with Crippen molar-refractivity contribution in [1.29, 1.82) is 0 Å². The van der Waals surface area contributed by atoms with Gasteiger partial charge in [0.1, 0.15) is 5.82 Å². The quantitative estimate of drug-likeness (QED) is 0.907.